The molecule has 0 aromatic heterocycles. The summed E-state index contributed by atoms with van der Waals surface area (Å²) in [6.45, 7) is 1.39. The molecule has 1 rings (SSSR count). The summed E-state index contributed by atoms with van der Waals surface area (Å²) < 4.78 is 13.0. The SMILES string of the molecule is Fc1cccc(CNCCCCl)c1Cl. The van der Waals surface area contributed by atoms with Gasteiger partial charge in [-0.2, -0.15) is 0 Å². The quantitative estimate of drug-likeness (QED) is 0.611. The highest BCUT2D eigenvalue weighted by Crippen LogP contribution is 2.19. The van der Waals surface area contributed by atoms with Gasteiger partial charge in [0.05, 0.1) is 5.02 Å². The normalized spacial score (nSPS) is 10.5. The fourth-order valence-electron chi connectivity index (χ4n) is 1.10. The topological polar surface area (TPSA) is 12.0 Å². The van der Waals surface area contributed by atoms with E-state index < -0.39 is 0 Å². The standard InChI is InChI=1S/C10H12Cl2FN/c11-5-2-6-14-7-8-3-1-4-9(13)10(8)12/h1,3-4,14H,2,5-7H2. The van der Waals surface area contributed by atoms with Gasteiger partial charge in [0.25, 0.3) is 0 Å². The first-order valence-corrected chi connectivity index (χ1v) is 5.36. The zero-order chi connectivity index (χ0) is 10.4. The summed E-state index contributed by atoms with van der Waals surface area (Å²) >= 11 is 11.3. The maximum atomic E-state index is 13.0. The van der Waals surface area contributed by atoms with Crippen LogP contribution in [0.2, 0.25) is 5.02 Å². The van der Waals surface area contributed by atoms with Crippen molar-refractivity contribution in [1.29, 1.82) is 0 Å². The van der Waals surface area contributed by atoms with Crippen LogP contribution in [0.4, 0.5) is 4.39 Å². The van der Waals surface area contributed by atoms with Crippen LogP contribution in [-0.2, 0) is 6.54 Å². The summed E-state index contributed by atoms with van der Waals surface area (Å²) in [5, 5.41) is 3.33. The van der Waals surface area contributed by atoms with E-state index in [1.165, 1.54) is 6.07 Å². The second-order valence-corrected chi connectivity index (χ2v) is 3.69. The van der Waals surface area contributed by atoms with Gasteiger partial charge in [-0.3, -0.25) is 0 Å². The van der Waals surface area contributed by atoms with Crippen LogP contribution in [0.25, 0.3) is 0 Å². The van der Waals surface area contributed by atoms with E-state index in [4.69, 9.17) is 23.2 Å². The van der Waals surface area contributed by atoms with Crippen molar-refractivity contribution in [3.63, 3.8) is 0 Å². The Hall–Kier alpha value is -0.310. The van der Waals surface area contributed by atoms with Gasteiger partial charge in [-0.15, -0.1) is 11.6 Å². The summed E-state index contributed by atoms with van der Waals surface area (Å²) in [4.78, 5) is 0. The van der Waals surface area contributed by atoms with Crippen molar-refractivity contribution < 1.29 is 4.39 Å². The molecule has 4 heteroatoms. The minimum absolute atomic E-state index is 0.200. The van der Waals surface area contributed by atoms with E-state index >= 15 is 0 Å². The summed E-state index contributed by atoms with van der Waals surface area (Å²) in [6.07, 6.45) is 0.897. The number of hydrogen-bond donors (Lipinski definition) is 1. The van der Waals surface area contributed by atoms with Gasteiger partial charge in [0.2, 0.25) is 0 Å². The average Bonchev–Trinajstić information content (AvgIpc) is 2.19. The third kappa shape index (κ3) is 3.45. The largest absolute Gasteiger partial charge is 0.313 e. The fraction of sp³-hybridized carbons (Fsp3) is 0.400. The second-order valence-electron chi connectivity index (χ2n) is 2.93. The Morgan fingerprint density at radius 2 is 2.14 bits per heavy atom. The van der Waals surface area contributed by atoms with Crippen molar-refractivity contribution in [2.24, 2.45) is 0 Å². The molecule has 0 heterocycles. The van der Waals surface area contributed by atoms with Crippen LogP contribution in [-0.4, -0.2) is 12.4 Å². The molecule has 14 heavy (non-hydrogen) atoms. The smallest absolute Gasteiger partial charge is 0.142 e. The first-order valence-electron chi connectivity index (χ1n) is 4.45. The summed E-state index contributed by atoms with van der Waals surface area (Å²) in [6, 6.07) is 4.81. The lowest BCUT2D eigenvalue weighted by Gasteiger charge is -2.06. The summed E-state index contributed by atoms with van der Waals surface area (Å²) in [5.74, 6) is 0.257. The molecule has 0 unspecified atom stereocenters. The monoisotopic (exact) mass is 235 g/mol. The molecule has 1 nitrogen and oxygen atoms in total. The Balaban J connectivity index is 2.46. The van der Waals surface area contributed by atoms with Crippen molar-refractivity contribution in [3.8, 4) is 0 Å². The van der Waals surface area contributed by atoms with E-state index in [-0.39, 0.29) is 10.8 Å². The zero-order valence-corrected chi connectivity index (χ0v) is 9.21. The molecular formula is C10H12Cl2FN. The summed E-state index contributed by atoms with van der Waals surface area (Å²) in [5.41, 5.74) is 0.779. The Morgan fingerprint density at radius 3 is 2.86 bits per heavy atom. The number of halogens is 3. The van der Waals surface area contributed by atoms with Crippen molar-refractivity contribution in [2.45, 2.75) is 13.0 Å². The third-order valence-corrected chi connectivity index (χ3v) is 2.52. The van der Waals surface area contributed by atoms with Crippen LogP contribution in [0.5, 0.6) is 0 Å². The average molecular weight is 236 g/mol. The molecule has 0 saturated carbocycles. The highest BCUT2D eigenvalue weighted by molar-refractivity contribution is 6.31. The van der Waals surface area contributed by atoms with Gasteiger partial charge in [0.15, 0.2) is 0 Å². The predicted molar refractivity (Wildman–Crippen MR) is 58.5 cm³/mol. The van der Waals surface area contributed by atoms with Crippen LogP contribution in [0, 0.1) is 5.82 Å². The van der Waals surface area contributed by atoms with Crippen LogP contribution in [0.15, 0.2) is 18.2 Å². The van der Waals surface area contributed by atoms with E-state index in [9.17, 15) is 4.39 Å². The molecule has 0 bridgehead atoms. The molecule has 1 aromatic carbocycles. The van der Waals surface area contributed by atoms with Gasteiger partial charge in [-0.25, -0.2) is 4.39 Å². The Labute approximate surface area is 93.2 Å². The second kappa shape index (κ2) is 6.23. The minimum Gasteiger partial charge on any atom is -0.313 e. The molecule has 0 aliphatic carbocycles. The number of nitrogens with one attached hydrogen (secondary N) is 1. The first-order chi connectivity index (χ1) is 6.75. The lowest BCUT2D eigenvalue weighted by Crippen LogP contribution is -2.15. The van der Waals surface area contributed by atoms with Gasteiger partial charge in [-0.05, 0) is 24.6 Å². The van der Waals surface area contributed by atoms with E-state index in [1.807, 2.05) is 0 Å². The van der Waals surface area contributed by atoms with Gasteiger partial charge in [0.1, 0.15) is 5.82 Å². The molecule has 78 valence electrons. The molecule has 0 atom stereocenters. The van der Waals surface area contributed by atoms with E-state index in [2.05, 4.69) is 5.32 Å². The maximum absolute atomic E-state index is 13.0. The van der Waals surface area contributed by atoms with Gasteiger partial charge in [-0.1, -0.05) is 23.7 Å². The number of hydrogen-bond acceptors (Lipinski definition) is 1. The minimum atomic E-state index is -0.372. The number of alkyl halides is 1. The zero-order valence-electron chi connectivity index (χ0n) is 7.69. The van der Waals surface area contributed by atoms with Crippen molar-refractivity contribution >= 4 is 23.2 Å². The van der Waals surface area contributed by atoms with Crippen molar-refractivity contribution in [2.75, 3.05) is 12.4 Å². The summed E-state index contributed by atoms with van der Waals surface area (Å²) in [7, 11) is 0. The van der Waals surface area contributed by atoms with Gasteiger partial charge in [0, 0.05) is 12.4 Å². The lowest BCUT2D eigenvalue weighted by molar-refractivity contribution is 0.620. The molecule has 1 aromatic rings. The van der Waals surface area contributed by atoms with Crippen LogP contribution in [0.3, 0.4) is 0 Å². The first kappa shape index (κ1) is 11.8. The molecule has 0 fully saturated rings. The molecular weight excluding hydrogens is 224 g/mol. The number of rotatable bonds is 5. The van der Waals surface area contributed by atoms with Gasteiger partial charge < -0.3 is 5.32 Å². The molecule has 0 radical (unpaired) electrons. The molecule has 0 saturated heterocycles. The molecule has 0 aliphatic heterocycles. The van der Waals surface area contributed by atoms with Gasteiger partial charge >= 0.3 is 0 Å². The molecule has 0 spiro atoms. The highest BCUT2D eigenvalue weighted by Gasteiger charge is 2.04. The molecule has 0 amide bonds. The van der Waals surface area contributed by atoms with E-state index in [0.29, 0.717) is 12.4 Å². The Kier molecular flexibility index (Phi) is 5.23. The third-order valence-electron chi connectivity index (χ3n) is 1.83. The van der Waals surface area contributed by atoms with Crippen LogP contribution >= 0.6 is 23.2 Å². The molecule has 0 aliphatic rings. The highest BCUT2D eigenvalue weighted by atomic mass is 35.5. The van der Waals surface area contributed by atoms with E-state index in [1.54, 1.807) is 12.1 Å². The fourth-order valence-corrected chi connectivity index (χ4v) is 1.43. The maximum Gasteiger partial charge on any atom is 0.142 e. The number of benzene rings is 1. The Morgan fingerprint density at radius 1 is 1.36 bits per heavy atom. The lowest BCUT2D eigenvalue weighted by atomic mass is 10.2. The van der Waals surface area contributed by atoms with Crippen molar-refractivity contribution in [1.82, 2.24) is 5.32 Å². The Bertz CT molecular complexity index is 291. The van der Waals surface area contributed by atoms with Crippen LogP contribution in [0.1, 0.15) is 12.0 Å². The van der Waals surface area contributed by atoms with Crippen molar-refractivity contribution in [3.05, 3.63) is 34.6 Å². The molecule has 1 N–H and O–H groups in total. The van der Waals surface area contributed by atoms with Crippen LogP contribution < -0.4 is 5.32 Å². The van der Waals surface area contributed by atoms with E-state index in [0.717, 1.165) is 18.5 Å². The predicted octanol–water partition coefficient (Wildman–Crippen LogP) is 3.20.